The molecule has 7 heteroatoms. The summed E-state index contributed by atoms with van der Waals surface area (Å²) in [6, 6.07) is 14.5. The SMILES string of the molecule is CC(=O)Nc1ccc(CN2CCN3C(=O)N(Cc4ccc(F)cc4)CC3C2)cc1. The van der Waals surface area contributed by atoms with E-state index >= 15 is 0 Å². The van der Waals surface area contributed by atoms with Crippen LogP contribution in [0, 0.1) is 5.82 Å². The Morgan fingerprint density at radius 1 is 1.00 bits per heavy atom. The molecule has 0 aromatic heterocycles. The average molecular weight is 396 g/mol. The van der Waals surface area contributed by atoms with Gasteiger partial charge in [0.25, 0.3) is 0 Å². The highest BCUT2D eigenvalue weighted by molar-refractivity contribution is 5.88. The van der Waals surface area contributed by atoms with Gasteiger partial charge in [0, 0.05) is 51.9 Å². The average Bonchev–Trinajstić information content (AvgIpc) is 3.00. The largest absolute Gasteiger partial charge is 0.326 e. The Bertz CT molecular complexity index is 885. The zero-order chi connectivity index (χ0) is 20.4. The third-order valence-corrected chi connectivity index (χ3v) is 5.48. The molecule has 0 aliphatic carbocycles. The van der Waals surface area contributed by atoms with Crippen molar-refractivity contribution in [2.24, 2.45) is 0 Å². The van der Waals surface area contributed by atoms with Crippen LogP contribution in [-0.4, -0.2) is 58.9 Å². The fourth-order valence-electron chi connectivity index (χ4n) is 4.08. The Hall–Kier alpha value is -2.93. The van der Waals surface area contributed by atoms with Crippen LogP contribution in [0.3, 0.4) is 0 Å². The van der Waals surface area contributed by atoms with Crippen LogP contribution >= 0.6 is 0 Å². The molecule has 1 atom stereocenters. The maximum Gasteiger partial charge on any atom is 0.320 e. The summed E-state index contributed by atoms with van der Waals surface area (Å²) in [4.78, 5) is 30.0. The smallest absolute Gasteiger partial charge is 0.320 e. The fourth-order valence-corrected chi connectivity index (χ4v) is 4.08. The van der Waals surface area contributed by atoms with E-state index in [1.165, 1.54) is 24.6 Å². The summed E-state index contributed by atoms with van der Waals surface area (Å²) in [7, 11) is 0. The maximum absolute atomic E-state index is 13.1. The summed E-state index contributed by atoms with van der Waals surface area (Å²) in [6.45, 7) is 5.89. The Kier molecular flexibility index (Phi) is 5.49. The van der Waals surface area contributed by atoms with Gasteiger partial charge in [-0.2, -0.15) is 0 Å². The van der Waals surface area contributed by atoms with E-state index in [1.807, 2.05) is 34.1 Å². The van der Waals surface area contributed by atoms with Gasteiger partial charge in [0.2, 0.25) is 5.91 Å². The lowest BCUT2D eigenvalue weighted by Gasteiger charge is -2.36. The van der Waals surface area contributed by atoms with Gasteiger partial charge in [0.05, 0.1) is 6.04 Å². The zero-order valence-electron chi connectivity index (χ0n) is 16.5. The Balaban J connectivity index is 1.34. The van der Waals surface area contributed by atoms with Crippen LogP contribution in [0.4, 0.5) is 14.9 Å². The molecule has 2 saturated heterocycles. The second-order valence-electron chi connectivity index (χ2n) is 7.75. The molecular weight excluding hydrogens is 371 g/mol. The lowest BCUT2D eigenvalue weighted by molar-refractivity contribution is -0.114. The van der Waals surface area contributed by atoms with Crippen LogP contribution in [0.5, 0.6) is 0 Å². The van der Waals surface area contributed by atoms with Crippen LogP contribution in [-0.2, 0) is 17.9 Å². The van der Waals surface area contributed by atoms with Gasteiger partial charge in [-0.15, -0.1) is 0 Å². The topological polar surface area (TPSA) is 55.9 Å². The third-order valence-electron chi connectivity index (χ3n) is 5.48. The molecule has 0 saturated carbocycles. The van der Waals surface area contributed by atoms with Crippen molar-refractivity contribution in [3.63, 3.8) is 0 Å². The second-order valence-corrected chi connectivity index (χ2v) is 7.75. The van der Waals surface area contributed by atoms with Crippen molar-refractivity contribution in [3.05, 3.63) is 65.5 Å². The minimum absolute atomic E-state index is 0.0682. The second kappa shape index (κ2) is 8.21. The van der Waals surface area contributed by atoms with Gasteiger partial charge in [-0.1, -0.05) is 24.3 Å². The van der Waals surface area contributed by atoms with E-state index in [4.69, 9.17) is 0 Å². The van der Waals surface area contributed by atoms with Crippen LogP contribution < -0.4 is 5.32 Å². The van der Waals surface area contributed by atoms with Crippen molar-refractivity contribution in [1.29, 1.82) is 0 Å². The number of nitrogens with zero attached hydrogens (tertiary/aromatic N) is 3. The number of piperazine rings is 1. The van der Waals surface area contributed by atoms with E-state index in [-0.39, 0.29) is 23.8 Å². The Labute approximate surface area is 169 Å². The number of amides is 3. The first-order valence-corrected chi connectivity index (χ1v) is 9.87. The molecule has 2 aromatic carbocycles. The number of urea groups is 1. The molecule has 29 heavy (non-hydrogen) atoms. The lowest BCUT2D eigenvalue weighted by Crippen LogP contribution is -2.51. The van der Waals surface area contributed by atoms with Crippen molar-refractivity contribution >= 4 is 17.6 Å². The van der Waals surface area contributed by atoms with Gasteiger partial charge >= 0.3 is 6.03 Å². The van der Waals surface area contributed by atoms with Crippen molar-refractivity contribution in [2.75, 3.05) is 31.5 Å². The molecule has 6 nitrogen and oxygen atoms in total. The monoisotopic (exact) mass is 396 g/mol. The number of rotatable bonds is 5. The summed E-state index contributed by atoms with van der Waals surface area (Å²) in [6.07, 6.45) is 0. The van der Waals surface area contributed by atoms with Crippen molar-refractivity contribution in [3.8, 4) is 0 Å². The van der Waals surface area contributed by atoms with Crippen LogP contribution in [0.25, 0.3) is 0 Å². The predicted molar refractivity (Wildman–Crippen MR) is 109 cm³/mol. The molecule has 3 amide bonds. The number of hydrogen-bond acceptors (Lipinski definition) is 3. The summed E-state index contributed by atoms with van der Waals surface area (Å²) >= 11 is 0. The number of nitrogens with one attached hydrogen (secondary N) is 1. The predicted octanol–water partition coefficient (Wildman–Crippen LogP) is 2.91. The van der Waals surface area contributed by atoms with Crippen LogP contribution in [0.1, 0.15) is 18.1 Å². The quantitative estimate of drug-likeness (QED) is 0.846. The summed E-state index contributed by atoms with van der Waals surface area (Å²) in [5.74, 6) is -0.343. The first-order valence-electron chi connectivity index (χ1n) is 9.87. The molecule has 2 aromatic rings. The van der Waals surface area contributed by atoms with Gasteiger partial charge < -0.3 is 15.1 Å². The van der Waals surface area contributed by atoms with Gasteiger partial charge in [-0.3, -0.25) is 9.69 Å². The van der Waals surface area contributed by atoms with Gasteiger partial charge in [-0.05, 0) is 35.4 Å². The van der Waals surface area contributed by atoms with Crippen molar-refractivity contribution in [2.45, 2.75) is 26.1 Å². The van der Waals surface area contributed by atoms with E-state index < -0.39 is 0 Å². The number of fused-ring (bicyclic) bond motifs is 1. The van der Waals surface area contributed by atoms with E-state index in [0.717, 1.165) is 30.9 Å². The van der Waals surface area contributed by atoms with E-state index in [9.17, 15) is 14.0 Å². The molecule has 2 aliphatic heterocycles. The van der Waals surface area contributed by atoms with E-state index in [1.54, 1.807) is 12.1 Å². The molecule has 152 valence electrons. The number of benzene rings is 2. The van der Waals surface area contributed by atoms with Gasteiger partial charge in [0.15, 0.2) is 0 Å². The standard InChI is InChI=1S/C22H25FN4O2/c1-16(28)24-20-8-4-17(5-9-20)12-25-10-11-27-21(14-25)15-26(22(27)29)13-18-2-6-19(23)7-3-18/h2-9,21H,10-15H2,1H3,(H,24,28). The maximum atomic E-state index is 13.1. The Morgan fingerprint density at radius 2 is 1.66 bits per heavy atom. The van der Waals surface area contributed by atoms with Crippen LogP contribution in [0.15, 0.2) is 48.5 Å². The lowest BCUT2D eigenvalue weighted by atomic mass is 10.1. The normalized spacial score (nSPS) is 19.4. The summed E-state index contributed by atoms with van der Waals surface area (Å²) in [5, 5.41) is 2.78. The van der Waals surface area contributed by atoms with Gasteiger partial charge in [0.1, 0.15) is 5.82 Å². The highest BCUT2D eigenvalue weighted by atomic mass is 19.1. The molecule has 2 fully saturated rings. The Morgan fingerprint density at radius 3 is 2.34 bits per heavy atom. The first kappa shape index (κ1) is 19.4. The molecule has 0 spiro atoms. The van der Waals surface area contributed by atoms with Crippen molar-refractivity contribution < 1.29 is 14.0 Å². The molecule has 4 rings (SSSR count). The van der Waals surface area contributed by atoms with Crippen LogP contribution in [0.2, 0.25) is 0 Å². The van der Waals surface area contributed by atoms with E-state index in [0.29, 0.717) is 19.6 Å². The molecule has 2 aliphatic rings. The molecule has 0 bridgehead atoms. The molecule has 0 radical (unpaired) electrons. The molecule has 1 N–H and O–H groups in total. The highest BCUT2D eigenvalue weighted by Crippen LogP contribution is 2.24. The zero-order valence-corrected chi connectivity index (χ0v) is 16.5. The number of carbonyl (C=O) groups excluding carboxylic acids is 2. The number of halogens is 1. The van der Waals surface area contributed by atoms with Crippen molar-refractivity contribution in [1.82, 2.24) is 14.7 Å². The van der Waals surface area contributed by atoms with Gasteiger partial charge in [-0.25, -0.2) is 9.18 Å². The molecule has 1 unspecified atom stereocenters. The summed E-state index contributed by atoms with van der Waals surface area (Å²) < 4.78 is 13.1. The molecular formula is C22H25FN4O2. The first-order chi connectivity index (χ1) is 14.0. The van der Waals surface area contributed by atoms with E-state index in [2.05, 4.69) is 10.2 Å². The summed E-state index contributed by atoms with van der Waals surface area (Å²) in [5.41, 5.74) is 2.92. The third kappa shape index (κ3) is 4.56. The number of hydrogen-bond donors (Lipinski definition) is 1. The molecule has 2 heterocycles. The minimum Gasteiger partial charge on any atom is -0.326 e. The minimum atomic E-state index is -0.264. The number of anilines is 1. The number of carbonyl (C=O) groups is 2. The fraction of sp³-hybridized carbons (Fsp3) is 0.364. The highest BCUT2D eigenvalue weighted by Gasteiger charge is 2.40.